The van der Waals surface area contributed by atoms with Crippen molar-refractivity contribution in [3.8, 4) is 0 Å². The molecule has 0 amide bonds. The Balaban J connectivity index is 2.09. The third-order valence-corrected chi connectivity index (χ3v) is 5.03. The van der Waals surface area contributed by atoms with Gasteiger partial charge in [0.1, 0.15) is 9.34 Å². The summed E-state index contributed by atoms with van der Waals surface area (Å²) in [6.07, 6.45) is 0. The highest BCUT2D eigenvalue weighted by atomic mass is 35.5. The van der Waals surface area contributed by atoms with Gasteiger partial charge in [-0.3, -0.25) is 0 Å². The van der Waals surface area contributed by atoms with Crippen molar-refractivity contribution in [2.45, 2.75) is 0 Å². The number of rotatable bonds is 4. The van der Waals surface area contributed by atoms with E-state index in [1.54, 1.807) is 0 Å². The lowest BCUT2D eigenvalue weighted by Gasteiger charge is -2.04. The first kappa shape index (κ1) is 14.5. The van der Waals surface area contributed by atoms with E-state index in [-0.39, 0.29) is 20.1 Å². The number of hydrogen-bond acceptors (Lipinski definition) is 7. The first-order valence-corrected chi connectivity index (χ1v) is 8.39. The molecule has 0 spiro atoms. The summed E-state index contributed by atoms with van der Waals surface area (Å²) in [5, 5.41) is 1.72. The van der Waals surface area contributed by atoms with Crippen LogP contribution in [0, 0.1) is 0 Å². The first-order chi connectivity index (χ1) is 8.87. The topological polar surface area (TPSA) is 85.4 Å². The van der Waals surface area contributed by atoms with E-state index in [1.807, 2.05) is 4.72 Å². The second kappa shape index (κ2) is 5.63. The molecule has 0 saturated heterocycles. The Labute approximate surface area is 126 Å². The van der Waals surface area contributed by atoms with E-state index < -0.39 is 16.3 Å². The van der Waals surface area contributed by atoms with Gasteiger partial charge in [-0.1, -0.05) is 23.2 Å². The SMILES string of the molecule is O=C(OS(=O)(=O)Nc1cc(Cl)c(Cl)s1)c1cscn1. The Bertz CT molecular complexity index is 676. The van der Waals surface area contributed by atoms with Gasteiger partial charge in [0, 0.05) is 5.38 Å². The number of carbonyl (C=O) groups is 1. The zero-order chi connectivity index (χ0) is 14.0. The van der Waals surface area contributed by atoms with E-state index in [1.165, 1.54) is 17.0 Å². The van der Waals surface area contributed by atoms with Crippen molar-refractivity contribution in [3.05, 3.63) is 32.0 Å². The fraction of sp³-hybridized carbons (Fsp3) is 0. The Morgan fingerprint density at radius 3 is 2.68 bits per heavy atom. The maximum absolute atomic E-state index is 11.6. The lowest BCUT2D eigenvalue weighted by Crippen LogP contribution is -2.20. The van der Waals surface area contributed by atoms with Crippen LogP contribution in [0.5, 0.6) is 0 Å². The summed E-state index contributed by atoms with van der Waals surface area (Å²) >= 11 is 13.4. The summed E-state index contributed by atoms with van der Waals surface area (Å²) in [7, 11) is -4.31. The fourth-order valence-corrected chi connectivity index (χ4v) is 3.74. The molecule has 0 unspecified atom stereocenters. The van der Waals surface area contributed by atoms with Gasteiger partial charge in [0.2, 0.25) is 0 Å². The van der Waals surface area contributed by atoms with Gasteiger partial charge in [-0.05, 0) is 6.07 Å². The molecule has 0 aliphatic heterocycles. The standard InChI is InChI=1S/C8H4Cl2N2O4S3/c9-4-1-6(18-7(4)10)12-19(14,15)16-8(13)5-2-17-3-11-5/h1-3,12H. The van der Waals surface area contributed by atoms with Crippen molar-refractivity contribution >= 4 is 67.2 Å². The number of aromatic nitrogens is 1. The van der Waals surface area contributed by atoms with E-state index in [0.29, 0.717) is 0 Å². The van der Waals surface area contributed by atoms with Crippen molar-refractivity contribution in [1.82, 2.24) is 4.98 Å². The quantitative estimate of drug-likeness (QED) is 0.907. The molecule has 2 aromatic rings. The number of carbonyl (C=O) groups excluding carboxylic acids is 1. The van der Waals surface area contributed by atoms with Crippen LogP contribution in [0.4, 0.5) is 5.00 Å². The van der Waals surface area contributed by atoms with Gasteiger partial charge in [0.15, 0.2) is 5.69 Å². The normalized spacial score (nSPS) is 11.3. The minimum absolute atomic E-state index is 0.0855. The fourth-order valence-electron chi connectivity index (χ4n) is 0.997. The van der Waals surface area contributed by atoms with Gasteiger partial charge in [-0.2, -0.15) is 8.42 Å². The monoisotopic (exact) mass is 358 g/mol. The molecule has 11 heteroatoms. The molecule has 2 heterocycles. The molecule has 0 aliphatic carbocycles. The Hall–Kier alpha value is -0.870. The average molecular weight is 359 g/mol. The molecule has 0 aromatic carbocycles. The summed E-state index contributed by atoms with van der Waals surface area (Å²) in [5.41, 5.74) is 1.30. The van der Waals surface area contributed by atoms with E-state index in [4.69, 9.17) is 23.2 Å². The minimum Gasteiger partial charge on any atom is -0.324 e. The summed E-state index contributed by atoms with van der Waals surface area (Å²) in [6, 6.07) is 1.31. The van der Waals surface area contributed by atoms with E-state index in [2.05, 4.69) is 9.17 Å². The van der Waals surface area contributed by atoms with Crippen LogP contribution in [0.1, 0.15) is 10.5 Å². The van der Waals surface area contributed by atoms with Crippen molar-refractivity contribution < 1.29 is 17.4 Å². The molecule has 102 valence electrons. The molecular weight excluding hydrogens is 355 g/mol. The second-order valence-corrected chi connectivity index (χ2v) is 7.09. The lowest BCUT2D eigenvalue weighted by atomic mass is 10.5. The number of hydrogen-bond donors (Lipinski definition) is 1. The summed E-state index contributed by atoms with van der Waals surface area (Å²) in [6.45, 7) is 0. The maximum Gasteiger partial charge on any atom is 0.410 e. The van der Waals surface area contributed by atoms with Crippen molar-refractivity contribution in [3.63, 3.8) is 0 Å². The van der Waals surface area contributed by atoms with Crippen LogP contribution in [0.2, 0.25) is 9.36 Å². The molecule has 0 saturated carbocycles. The average Bonchev–Trinajstić information content (AvgIpc) is 2.88. The van der Waals surface area contributed by atoms with Crippen LogP contribution >= 0.6 is 45.9 Å². The second-order valence-electron chi connectivity index (χ2n) is 3.03. The molecule has 0 atom stereocenters. The third-order valence-electron chi connectivity index (χ3n) is 1.70. The predicted molar refractivity (Wildman–Crippen MR) is 74.4 cm³/mol. The summed E-state index contributed by atoms with van der Waals surface area (Å²) < 4.78 is 29.7. The van der Waals surface area contributed by atoms with Gasteiger partial charge in [0.05, 0.1) is 10.5 Å². The van der Waals surface area contributed by atoms with Crippen molar-refractivity contribution in [2.75, 3.05) is 4.72 Å². The van der Waals surface area contributed by atoms with Crippen molar-refractivity contribution in [2.24, 2.45) is 0 Å². The number of thiophene rings is 1. The highest BCUT2D eigenvalue weighted by molar-refractivity contribution is 7.88. The van der Waals surface area contributed by atoms with Gasteiger partial charge in [-0.25, -0.2) is 14.5 Å². The van der Waals surface area contributed by atoms with E-state index >= 15 is 0 Å². The molecule has 0 bridgehead atoms. The maximum atomic E-state index is 11.6. The van der Waals surface area contributed by atoms with Crippen LogP contribution in [0.25, 0.3) is 0 Å². The third kappa shape index (κ3) is 3.80. The number of nitrogens with one attached hydrogen (secondary N) is 1. The molecule has 6 nitrogen and oxygen atoms in total. The molecular formula is C8H4Cl2N2O4S3. The van der Waals surface area contributed by atoms with E-state index in [0.717, 1.165) is 22.7 Å². The molecule has 2 rings (SSSR count). The highest BCUT2D eigenvalue weighted by Gasteiger charge is 2.21. The molecule has 2 aromatic heterocycles. The Morgan fingerprint density at radius 1 is 1.42 bits per heavy atom. The van der Waals surface area contributed by atoms with Gasteiger partial charge >= 0.3 is 16.3 Å². The van der Waals surface area contributed by atoms with Crippen molar-refractivity contribution in [1.29, 1.82) is 0 Å². The number of anilines is 1. The Kier molecular flexibility index (Phi) is 4.31. The van der Waals surface area contributed by atoms with Gasteiger partial charge < -0.3 is 4.18 Å². The number of thiazole rings is 1. The van der Waals surface area contributed by atoms with Crippen LogP contribution in [-0.4, -0.2) is 19.4 Å². The lowest BCUT2D eigenvalue weighted by molar-refractivity contribution is 0.0743. The smallest absolute Gasteiger partial charge is 0.324 e. The first-order valence-electron chi connectivity index (χ1n) is 4.47. The van der Waals surface area contributed by atoms with Crippen LogP contribution in [-0.2, 0) is 14.5 Å². The molecule has 0 radical (unpaired) electrons. The van der Waals surface area contributed by atoms with Crippen LogP contribution < -0.4 is 4.72 Å². The van der Waals surface area contributed by atoms with Gasteiger partial charge in [0.25, 0.3) is 0 Å². The zero-order valence-electron chi connectivity index (χ0n) is 8.79. The zero-order valence-corrected chi connectivity index (χ0v) is 12.8. The molecule has 1 N–H and O–H groups in total. The molecule has 0 fully saturated rings. The Morgan fingerprint density at radius 2 is 2.16 bits per heavy atom. The van der Waals surface area contributed by atoms with E-state index in [9.17, 15) is 13.2 Å². The predicted octanol–water partition coefficient (Wildman–Crippen LogP) is 3.03. The van der Waals surface area contributed by atoms with Crippen LogP contribution in [0.3, 0.4) is 0 Å². The molecule has 19 heavy (non-hydrogen) atoms. The molecule has 0 aliphatic rings. The van der Waals surface area contributed by atoms with Gasteiger partial charge in [-0.15, -0.1) is 22.7 Å². The van der Waals surface area contributed by atoms with Crippen LogP contribution in [0.15, 0.2) is 17.0 Å². The summed E-state index contributed by atoms with van der Waals surface area (Å²) in [5.74, 6) is -1.07. The minimum atomic E-state index is -4.31. The largest absolute Gasteiger partial charge is 0.410 e. The highest BCUT2D eigenvalue weighted by Crippen LogP contribution is 2.35. The summed E-state index contributed by atoms with van der Waals surface area (Å²) in [4.78, 5) is 15.1. The number of nitrogens with zero attached hydrogens (tertiary/aromatic N) is 1. The number of halogens is 2.